The van der Waals surface area contributed by atoms with Crippen LogP contribution in [-0.2, 0) is 9.59 Å². The maximum absolute atomic E-state index is 12.5. The van der Waals surface area contributed by atoms with Crippen LogP contribution in [-0.4, -0.2) is 35.0 Å². The van der Waals surface area contributed by atoms with E-state index in [0.717, 1.165) is 12.8 Å². The number of carboxylic acid groups (broad SMARTS) is 1. The number of amides is 1. The van der Waals surface area contributed by atoms with E-state index in [1.807, 2.05) is 13.8 Å². The van der Waals surface area contributed by atoms with Gasteiger partial charge in [-0.3, -0.25) is 9.59 Å². The van der Waals surface area contributed by atoms with Crippen molar-refractivity contribution < 1.29 is 14.7 Å². The molecule has 0 aromatic rings. The number of rotatable bonds is 21. The van der Waals surface area contributed by atoms with E-state index in [2.05, 4.69) is 19.1 Å². The minimum absolute atomic E-state index is 0.0122. The molecule has 0 aromatic heterocycles. The molecule has 0 rings (SSSR count). The predicted octanol–water partition coefficient (Wildman–Crippen LogP) is 7.37. The van der Waals surface area contributed by atoms with Crippen molar-refractivity contribution >= 4 is 11.9 Å². The molecule has 176 valence electrons. The lowest BCUT2D eigenvalue weighted by molar-refractivity contribution is -0.144. The van der Waals surface area contributed by atoms with E-state index in [9.17, 15) is 9.59 Å². The van der Waals surface area contributed by atoms with Gasteiger partial charge in [0, 0.05) is 19.0 Å². The Morgan fingerprint density at radius 1 is 0.733 bits per heavy atom. The molecule has 4 heteroatoms. The summed E-state index contributed by atoms with van der Waals surface area (Å²) in [5.41, 5.74) is 0. The van der Waals surface area contributed by atoms with Crippen molar-refractivity contribution in [3.05, 3.63) is 12.2 Å². The molecule has 1 amide bonds. The Labute approximate surface area is 186 Å². The highest BCUT2D eigenvalue weighted by Crippen LogP contribution is 2.19. The number of hydrogen-bond donors (Lipinski definition) is 1. The minimum atomic E-state index is -0.868. The zero-order valence-electron chi connectivity index (χ0n) is 20.2. The van der Waals surface area contributed by atoms with Crippen molar-refractivity contribution in [2.45, 2.75) is 124 Å². The number of aliphatic carboxylic acids is 1. The van der Waals surface area contributed by atoms with Crippen LogP contribution >= 0.6 is 0 Å². The first-order valence-electron chi connectivity index (χ1n) is 12.7. The first kappa shape index (κ1) is 28.7. The van der Waals surface area contributed by atoms with Crippen molar-refractivity contribution in [1.82, 2.24) is 4.90 Å². The Kier molecular flexibility index (Phi) is 20.0. The molecule has 0 aliphatic heterocycles. The van der Waals surface area contributed by atoms with Crippen LogP contribution in [0.2, 0.25) is 0 Å². The highest BCUT2D eigenvalue weighted by molar-refractivity contribution is 5.83. The molecule has 0 bridgehead atoms. The SMILES string of the molecule is CCCCC/C=C/CCCCCCCCCCCC(CC(=O)O)C(=O)N(CC)CC. The van der Waals surface area contributed by atoms with Crippen molar-refractivity contribution in [3.63, 3.8) is 0 Å². The maximum Gasteiger partial charge on any atom is 0.304 e. The van der Waals surface area contributed by atoms with Crippen LogP contribution in [0, 0.1) is 5.92 Å². The summed E-state index contributed by atoms with van der Waals surface area (Å²) in [6.45, 7) is 7.45. The van der Waals surface area contributed by atoms with Gasteiger partial charge in [-0.15, -0.1) is 0 Å². The Bertz CT molecular complexity index is 444. The fraction of sp³-hybridized carbons (Fsp3) is 0.846. The number of carbonyl (C=O) groups is 2. The lowest BCUT2D eigenvalue weighted by atomic mass is 9.95. The minimum Gasteiger partial charge on any atom is -0.481 e. The summed E-state index contributed by atoms with van der Waals surface area (Å²) >= 11 is 0. The van der Waals surface area contributed by atoms with Crippen molar-refractivity contribution in [2.75, 3.05) is 13.1 Å². The summed E-state index contributed by atoms with van der Waals surface area (Å²) in [6, 6.07) is 0. The number of carbonyl (C=O) groups excluding carboxylic acids is 1. The molecule has 1 N–H and O–H groups in total. The van der Waals surface area contributed by atoms with Crippen molar-refractivity contribution in [3.8, 4) is 0 Å². The summed E-state index contributed by atoms with van der Waals surface area (Å²) in [6.07, 6.45) is 22.9. The predicted molar refractivity (Wildman–Crippen MR) is 128 cm³/mol. The van der Waals surface area contributed by atoms with Gasteiger partial charge in [0.1, 0.15) is 0 Å². The number of carboxylic acids is 1. The zero-order chi connectivity index (χ0) is 22.5. The van der Waals surface area contributed by atoms with E-state index in [4.69, 9.17) is 5.11 Å². The fourth-order valence-corrected chi connectivity index (χ4v) is 3.96. The molecule has 30 heavy (non-hydrogen) atoms. The Morgan fingerprint density at radius 2 is 1.20 bits per heavy atom. The summed E-state index contributed by atoms with van der Waals surface area (Å²) < 4.78 is 0. The highest BCUT2D eigenvalue weighted by Gasteiger charge is 2.24. The number of nitrogens with zero attached hydrogens (tertiary/aromatic N) is 1. The van der Waals surface area contributed by atoms with E-state index < -0.39 is 5.97 Å². The van der Waals surface area contributed by atoms with Gasteiger partial charge in [0.15, 0.2) is 0 Å². The first-order valence-corrected chi connectivity index (χ1v) is 12.7. The van der Waals surface area contributed by atoms with E-state index in [1.165, 1.54) is 77.0 Å². The van der Waals surface area contributed by atoms with Crippen LogP contribution in [0.1, 0.15) is 124 Å². The van der Waals surface area contributed by atoms with Crippen molar-refractivity contribution in [1.29, 1.82) is 0 Å². The average Bonchev–Trinajstić information content (AvgIpc) is 2.73. The van der Waals surface area contributed by atoms with Crippen molar-refractivity contribution in [2.24, 2.45) is 5.92 Å². The number of allylic oxidation sites excluding steroid dienone is 2. The third kappa shape index (κ3) is 16.5. The first-order chi connectivity index (χ1) is 14.6. The van der Waals surface area contributed by atoms with Crippen LogP contribution in [0.4, 0.5) is 0 Å². The second-order valence-corrected chi connectivity index (χ2v) is 8.53. The van der Waals surface area contributed by atoms with Gasteiger partial charge >= 0.3 is 5.97 Å². The van der Waals surface area contributed by atoms with Gasteiger partial charge in [0.05, 0.1) is 6.42 Å². The Balaban J connectivity index is 3.68. The van der Waals surface area contributed by atoms with Crippen LogP contribution in [0.3, 0.4) is 0 Å². The highest BCUT2D eigenvalue weighted by atomic mass is 16.4. The Hall–Kier alpha value is -1.32. The van der Waals surface area contributed by atoms with E-state index in [-0.39, 0.29) is 18.2 Å². The third-order valence-corrected chi connectivity index (χ3v) is 5.91. The van der Waals surface area contributed by atoms with Crippen LogP contribution in [0.15, 0.2) is 12.2 Å². The second kappa shape index (κ2) is 20.9. The quantitative estimate of drug-likeness (QED) is 0.155. The van der Waals surface area contributed by atoms with Gasteiger partial charge < -0.3 is 10.0 Å². The smallest absolute Gasteiger partial charge is 0.304 e. The van der Waals surface area contributed by atoms with Gasteiger partial charge in [0.25, 0.3) is 0 Å². The van der Waals surface area contributed by atoms with Gasteiger partial charge in [-0.2, -0.15) is 0 Å². The third-order valence-electron chi connectivity index (χ3n) is 5.91. The van der Waals surface area contributed by atoms with Crippen LogP contribution < -0.4 is 0 Å². The monoisotopic (exact) mass is 423 g/mol. The summed E-state index contributed by atoms with van der Waals surface area (Å²) in [5.74, 6) is -1.21. The average molecular weight is 424 g/mol. The van der Waals surface area contributed by atoms with Gasteiger partial charge in [-0.1, -0.05) is 83.3 Å². The molecule has 0 aromatic carbocycles. The Morgan fingerprint density at radius 3 is 1.67 bits per heavy atom. The molecule has 0 spiro atoms. The molecule has 1 unspecified atom stereocenters. The molecule has 0 radical (unpaired) electrons. The van der Waals surface area contributed by atoms with Gasteiger partial charge in [0.2, 0.25) is 5.91 Å². The lowest BCUT2D eigenvalue weighted by Gasteiger charge is -2.24. The van der Waals surface area contributed by atoms with Gasteiger partial charge in [-0.05, 0) is 46.0 Å². The van der Waals surface area contributed by atoms with E-state index in [1.54, 1.807) is 4.90 Å². The molecular weight excluding hydrogens is 374 g/mol. The molecule has 0 aliphatic rings. The van der Waals surface area contributed by atoms with E-state index in [0.29, 0.717) is 19.5 Å². The topological polar surface area (TPSA) is 57.6 Å². The molecule has 0 heterocycles. The maximum atomic E-state index is 12.5. The number of unbranched alkanes of at least 4 members (excludes halogenated alkanes) is 12. The summed E-state index contributed by atoms with van der Waals surface area (Å²) in [7, 11) is 0. The molecule has 0 fully saturated rings. The summed E-state index contributed by atoms with van der Waals surface area (Å²) in [4.78, 5) is 25.4. The zero-order valence-corrected chi connectivity index (χ0v) is 20.2. The fourth-order valence-electron chi connectivity index (χ4n) is 3.96. The molecule has 1 atom stereocenters. The standard InChI is InChI=1S/C26H49NO3/c1-4-7-8-9-10-11-12-13-14-15-16-17-18-19-20-21-22-24(23-25(28)29)26(30)27(5-2)6-3/h10-11,24H,4-9,12-23H2,1-3H3,(H,28,29)/b11-10+. The van der Waals surface area contributed by atoms with Crippen LogP contribution in [0.25, 0.3) is 0 Å². The van der Waals surface area contributed by atoms with E-state index >= 15 is 0 Å². The second-order valence-electron chi connectivity index (χ2n) is 8.53. The summed E-state index contributed by atoms with van der Waals surface area (Å²) in [5, 5.41) is 9.12. The molecule has 0 aliphatic carbocycles. The molecule has 0 saturated heterocycles. The normalized spacial score (nSPS) is 12.4. The number of hydrogen-bond acceptors (Lipinski definition) is 2. The largest absolute Gasteiger partial charge is 0.481 e. The van der Waals surface area contributed by atoms with Crippen LogP contribution in [0.5, 0.6) is 0 Å². The molecular formula is C26H49NO3. The lowest BCUT2D eigenvalue weighted by Crippen LogP contribution is -2.36. The molecule has 4 nitrogen and oxygen atoms in total. The van der Waals surface area contributed by atoms with Gasteiger partial charge in [-0.25, -0.2) is 0 Å². The molecule has 0 saturated carbocycles.